The van der Waals surface area contributed by atoms with E-state index in [-0.39, 0.29) is 0 Å². The Kier molecular flexibility index (Phi) is 8.11. The Hall–Kier alpha value is -7.94. The molecule has 0 atom stereocenters. The molecule has 0 amide bonds. The van der Waals surface area contributed by atoms with Crippen molar-refractivity contribution >= 4 is 49.6 Å². The Balaban J connectivity index is 1.11. The van der Waals surface area contributed by atoms with Gasteiger partial charge in [0, 0.05) is 33.4 Å². The first-order valence-electron chi connectivity index (χ1n) is 21.1. The second kappa shape index (κ2) is 14.1. The van der Waals surface area contributed by atoms with Gasteiger partial charge in [-0.1, -0.05) is 176 Å². The molecule has 0 fully saturated rings. The van der Waals surface area contributed by atoms with Crippen LogP contribution in [0.3, 0.4) is 0 Å². The molecule has 0 radical (unpaired) electrons. The van der Waals surface area contributed by atoms with Gasteiger partial charge >= 0.3 is 0 Å². The maximum absolute atomic E-state index is 2.47. The summed E-state index contributed by atoms with van der Waals surface area (Å²) in [7, 11) is 0. The third-order valence-electron chi connectivity index (χ3n) is 12.8. The molecule has 0 bridgehead atoms. The van der Waals surface area contributed by atoms with E-state index in [9.17, 15) is 0 Å². The van der Waals surface area contributed by atoms with Crippen molar-refractivity contribution in [2.45, 2.75) is 5.41 Å². The topological polar surface area (TPSA) is 8.17 Å². The minimum Gasteiger partial charge on any atom is -0.310 e. The molecule has 10 aromatic carbocycles. The summed E-state index contributed by atoms with van der Waals surface area (Å²) < 4.78 is 2.40. The van der Waals surface area contributed by atoms with Crippen molar-refractivity contribution in [1.29, 1.82) is 0 Å². The molecular weight excluding hydrogens is 737 g/mol. The van der Waals surface area contributed by atoms with Crippen LogP contribution in [0.25, 0.3) is 60.5 Å². The second-order valence-corrected chi connectivity index (χ2v) is 16.1. The predicted molar refractivity (Wildman–Crippen MR) is 256 cm³/mol. The fourth-order valence-corrected chi connectivity index (χ4v) is 10.2. The van der Waals surface area contributed by atoms with E-state index in [2.05, 4.69) is 252 Å². The molecule has 0 saturated heterocycles. The van der Waals surface area contributed by atoms with Gasteiger partial charge in [0.05, 0.1) is 22.1 Å². The van der Waals surface area contributed by atoms with Crippen molar-refractivity contribution in [3.63, 3.8) is 0 Å². The SMILES string of the molecule is c1ccc(N(c2ccc3c(c2)C(c2ccccc2)(c2ccccc2)c2cc4ccccc4cc2-3)c2ccccc2-c2ccc3c4ccccc4n(-c4ccccc4)c3c2)cc1. The Morgan fingerprint density at radius 2 is 0.918 bits per heavy atom. The lowest BCUT2D eigenvalue weighted by Gasteiger charge is -2.35. The highest BCUT2D eigenvalue weighted by Crippen LogP contribution is 2.58. The van der Waals surface area contributed by atoms with Gasteiger partial charge in [-0.05, 0) is 116 Å². The van der Waals surface area contributed by atoms with E-state index in [1.165, 1.54) is 66.0 Å². The van der Waals surface area contributed by atoms with Crippen molar-refractivity contribution in [3.05, 3.63) is 265 Å². The summed E-state index contributed by atoms with van der Waals surface area (Å²) in [5, 5.41) is 4.98. The van der Waals surface area contributed by atoms with Crippen LogP contribution in [-0.2, 0) is 5.41 Å². The van der Waals surface area contributed by atoms with Gasteiger partial charge in [-0.25, -0.2) is 0 Å². The van der Waals surface area contributed by atoms with Gasteiger partial charge < -0.3 is 9.47 Å². The smallest absolute Gasteiger partial charge is 0.0714 e. The van der Waals surface area contributed by atoms with Crippen LogP contribution in [0.5, 0.6) is 0 Å². The summed E-state index contributed by atoms with van der Waals surface area (Å²) in [5.74, 6) is 0. The zero-order valence-corrected chi connectivity index (χ0v) is 33.5. The van der Waals surface area contributed by atoms with Gasteiger partial charge in [0.1, 0.15) is 0 Å². The van der Waals surface area contributed by atoms with Gasteiger partial charge in [-0.2, -0.15) is 0 Å². The highest BCUT2D eigenvalue weighted by atomic mass is 15.1. The third-order valence-corrected chi connectivity index (χ3v) is 12.8. The molecule has 1 aromatic heterocycles. The number of aromatic nitrogens is 1. The number of anilines is 3. The largest absolute Gasteiger partial charge is 0.310 e. The molecule has 11 aromatic rings. The number of hydrogen-bond acceptors (Lipinski definition) is 1. The number of nitrogens with zero attached hydrogens (tertiary/aromatic N) is 2. The highest BCUT2D eigenvalue weighted by molar-refractivity contribution is 6.10. The lowest BCUT2D eigenvalue weighted by molar-refractivity contribution is 0.769. The van der Waals surface area contributed by atoms with Crippen molar-refractivity contribution in [1.82, 2.24) is 4.57 Å². The minimum absolute atomic E-state index is 0.551. The molecule has 0 N–H and O–H groups in total. The lowest BCUT2D eigenvalue weighted by atomic mass is 9.67. The van der Waals surface area contributed by atoms with Crippen LogP contribution in [0, 0.1) is 0 Å². The summed E-state index contributed by atoms with van der Waals surface area (Å²) in [5.41, 5.74) is 16.2. The summed E-state index contributed by atoms with van der Waals surface area (Å²) in [6.45, 7) is 0. The molecule has 1 heterocycles. The number of hydrogen-bond donors (Lipinski definition) is 0. The van der Waals surface area contributed by atoms with E-state index in [4.69, 9.17) is 0 Å². The molecule has 12 rings (SSSR count). The first kappa shape index (κ1) is 35.0. The molecular formula is C59H40N2. The van der Waals surface area contributed by atoms with Crippen LogP contribution in [0.2, 0.25) is 0 Å². The van der Waals surface area contributed by atoms with Gasteiger partial charge in [0.2, 0.25) is 0 Å². The molecule has 61 heavy (non-hydrogen) atoms. The monoisotopic (exact) mass is 776 g/mol. The normalized spacial score (nSPS) is 12.7. The Bertz CT molecular complexity index is 3360. The first-order valence-corrected chi connectivity index (χ1v) is 21.1. The van der Waals surface area contributed by atoms with Crippen molar-refractivity contribution in [2.75, 3.05) is 4.90 Å². The van der Waals surface area contributed by atoms with Crippen LogP contribution in [-0.4, -0.2) is 4.57 Å². The molecule has 0 saturated carbocycles. The Morgan fingerprint density at radius 1 is 0.344 bits per heavy atom. The minimum atomic E-state index is -0.551. The van der Waals surface area contributed by atoms with Gasteiger partial charge in [-0.15, -0.1) is 0 Å². The molecule has 1 aliphatic rings. The van der Waals surface area contributed by atoms with Crippen LogP contribution >= 0.6 is 0 Å². The fourth-order valence-electron chi connectivity index (χ4n) is 10.2. The van der Waals surface area contributed by atoms with E-state index >= 15 is 0 Å². The first-order chi connectivity index (χ1) is 30.3. The summed E-state index contributed by atoms with van der Waals surface area (Å²) >= 11 is 0. The average molecular weight is 777 g/mol. The van der Waals surface area contributed by atoms with E-state index in [1.807, 2.05) is 0 Å². The molecule has 0 aliphatic heterocycles. The number of rotatable bonds is 7. The van der Waals surface area contributed by atoms with Gasteiger partial charge in [0.15, 0.2) is 0 Å². The maximum atomic E-state index is 2.47. The predicted octanol–water partition coefficient (Wildman–Crippen LogP) is 15.4. The zero-order chi connectivity index (χ0) is 40.3. The zero-order valence-electron chi connectivity index (χ0n) is 33.5. The Labute approximate surface area is 355 Å². The average Bonchev–Trinajstić information content (AvgIpc) is 3.81. The van der Waals surface area contributed by atoms with Crippen molar-refractivity contribution in [2.24, 2.45) is 0 Å². The molecule has 0 unspecified atom stereocenters. The van der Waals surface area contributed by atoms with Crippen molar-refractivity contribution in [3.8, 4) is 27.9 Å². The quantitative estimate of drug-likeness (QED) is 0.156. The highest BCUT2D eigenvalue weighted by Gasteiger charge is 2.46. The van der Waals surface area contributed by atoms with Crippen LogP contribution in [0.4, 0.5) is 17.1 Å². The maximum Gasteiger partial charge on any atom is 0.0714 e. The molecule has 1 aliphatic carbocycles. The van der Waals surface area contributed by atoms with Crippen molar-refractivity contribution < 1.29 is 0 Å². The van der Waals surface area contributed by atoms with E-state index < -0.39 is 5.41 Å². The Morgan fingerprint density at radius 3 is 1.66 bits per heavy atom. The number of benzene rings is 10. The molecule has 0 spiro atoms. The second-order valence-electron chi connectivity index (χ2n) is 16.1. The van der Waals surface area contributed by atoms with E-state index in [1.54, 1.807) is 0 Å². The lowest BCUT2D eigenvalue weighted by Crippen LogP contribution is -2.28. The van der Waals surface area contributed by atoms with Crippen LogP contribution in [0.1, 0.15) is 22.3 Å². The number of para-hydroxylation sites is 4. The summed E-state index contributed by atoms with van der Waals surface area (Å²) in [4.78, 5) is 2.45. The van der Waals surface area contributed by atoms with E-state index in [0.29, 0.717) is 0 Å². The van der Waals surface area contributed by atoms with Crippen LogP contribution in [0.15, 0.2) is 243 Å². The summed E-state index contributed by atoms with van der Waals surface area (Å²) in [6.07, 6.45) is 0. The van der Waals surface area contributed by atoms with Gasteiger partial charge in [0.25, 0.3) is 0 Å². The van der Waals surface area contributed by atoms with E-state index in [0.717, 1.165) is 33.9 Å². The molecule has 2 heteroatoms. The number of fused-ring (bicyclic) bond motifs is 7. The van der Waals surface area contributed by atoms with Crippen LogP contribution < -0.4 is 4.90 Å². The standard InChI is InChI=1S/C59H40N2/c1-5-21-44(22-6-1)59(45-23-7-2-8-24-45)54-38-42-20-14-13-19-41(42)37-53(54)50-36-34-48(40-55(50)59)60(46-25-9-3-10-26-46)56-31-17-15-29-49(56)43-33-35-52-51-30-16-18-32-57(51)61(58(52)39-43)47-27-11-4-12-28-47/h1-40H. The third kappa shape index (κ3) is 5.43. The molecule has 286 valence electrons. The molecule has 2 nitrogen and oxygen atoms in total. The van der Waals surface area contributed by atoms with Gasteiger partial charge in [-0.3, -0.25) is 0 Å². The fraction of sp³-hybridized carbons (Fsp3) is 0.0169. The summed E-state index contributed by atoms with van der Waals surface area (Å²) in [6, 6.07) is 89.2.